The number of hydrogen-bond donors (Lipinski definition) is 14. The molecule has 3 aliphatic rings. The molecule has 82 heavy (non-hydrogen) atoms. The van der Waals surface area contributed by atoms with E-state index in [0.29, 0.717) is 12.8 Å². The highest BCUT2D eigenvalue weighted by Crippen LogP contribution is 2.36. The second-order valence-corrected chi connectivity index (χ2v) is 23.0. The van der Waals surface area contributed by atoms with Crippen LogP contribution in [0.15, 0.2) is 12.2 Å². The van der Waals surface area contributed by atoms with E-state index in [2.05, 4.69) is 24.5 Å². The zero-order valence-electron chi connectivity index (χ0n) is 49.3. The predicted octanol–water partition coefficient (Wildman–Crippen LogP) is 3.17. The summed E-state index contributed by atoms with van der Waals surface area (Å²) in [5.41, 5.74) is 0. The lowest BCUT2D eigenvalue weighted by molar-refractivity contribution is -0.367. The lowest BCUT2D eigenvalue weighted by atomic mass is 9.88. The summed E-state index contributed by atoms with van der Waals surface area (Å²) < 4.78 is 34.5. The summed E-state index contributed by atoms with van der Waals surface area (Å²) in [6, 6.07) is -2.53. The monoisotopic (exact) mass is 1180 g/mol. The van der Waals surface area contributed by atoms with E-state index in [4.69, 9.17) is 28.4 Å². The van der Waals surface area contributed by atoms with Gasteiger partial charge in [-0.1, -0.05) is 180 Å². The van der Waals surface area contributed by atoms with Gasteiger partial charge in [0, 0.05) is 19.8 Å². The minimum atomic E-state index is -2.88. The molecule has 3 saturated heterocycles. The van der Waals surface area contributed by atoms with E-state index in [1.165, 1.54) is 116 Å². The molecule has 3 rings (SSSR count). The van der Waals surface area contributed by atoms with Gasteiger partial charge in [-0.2, -0.15) is 0 Å². The van der Waals surface area contributed by atoms with Gasteiger partial charge >= 0.3 is 5.97 Å². The third kappa shape index (κ3) is 25.8. The number of aliphatic hydroxyl groups excluding tert-OH is 11. The van der Waals surface area contributed by atoms with Crippen molar-refractivity contribution in [1.29, 1.82) is 0 Å². The van der Waals surface area contributed by atoms with Crippen LogP contribution >= 0.6 is 0 Å². The van der Waals surface area contributed by atoms with Gasteiger partial charge in [-0.15, -0.1) is 0 Å². The first-order valence-electron chi connectivity index (χ1n) is 31.1. The Hall–Kier alpha value is -2.53. The van der Waals surface area contributed by atoms with E-state index in [-0.39, 0.29) is 12.3 Å². The Morgan fingerprint density at radius 3 is 1.65 bits per heavy atom. The molecule has 0 unspecified atom stereocenters. The Bertz CT molecular complexity index is 1740. The Morgan fingerprint density at radius 1 is 0.646 bits per heavy atom. The van der Waals surface area contributed by atoms with E-state index in [1.807, 2.05) is 6.08 Å². The van der Waals surface area contributed by atoms with Crippen molar-refractivity contribution < 1.29 is 104 Å². The SMILES string of the molecule is CCCCCCCCCCCCC/C=C/[C@@H](O)[C@H](CO[C@@H]1O[C@H](CO)[C@@H](O[C@@H]2O[C@H](CO[C@]3(C(=O)O)C[C@H](O)[C@@H](NC(C)=O)[C@H]([C@H](O)[C@H](O)CO)O3)[C@H](O)[C@H](O)[C@H]2O)[C@H](O)[C@H]1O)NC(=O)CCCCCCCCCCCCCCCCC. The molecule has 23 nitrogen and oxygen atoms in total. The van der Waals surface area contributed by atoms with E-state index < -0.39 is 155 Å². The maximum Gasteiger partial charge on any atom is 0.364 e. The minimum absolute atomic E-state index is 0.212. The molecule has 2 amide bonds. The van der Waals surface area contributed by atoms with Gasteiger partial charge in [-0.25, -0.2) is 4.79 Å². The van der Waals surface area contributed by atoms with Gasteiger partial charge < -0.3 is 100 Å². The molecule has 0 aromatic carbocycles. The summed E-state index contributed by atoms with van der Waals surface area (Å²) in [6.45, 7) is 2.20. The Balaban J connectivity index is 1.62. The maximum absolute atomic E-state index is 13.3. The second kappa shape index (κ2) is 41.5. The van der Waals surface area contributed by atoms with Crippen LogP contribution < -0.4 is 10.6 Å². The number of ether oxygens (including phenoxy) is 6. The number of rotatable bonds is 45. The third-order valence-electron chi connectivity index (χ3n) is 16.0. The number of hydrogen-bond acceptors (Lipinski definition) is 20. The molecule has 14 N–H and O–H groups in total. The van der Waals surface area contributed by atoms with Crippen LogP contribution in [0.1, 0.15) is 207 Å². The zero-order chi connectivity index (χ0) is 60.5. The number of carbonyl (C=O) groups is 3. The number of aliphatic hydroxyl groups is 11. The maximum atomic E-state index is 13.3. The number of carboxylic acids is 1. The van der Waals surface area contributed by atoms with Crippen molar-refractivity contribution in [3.05, 3.63) is 12.2 Å². The molecule has 0 spiro atoms. The van der Waals surface area contributed by atoms with Crippen LogP contribution in [-0.4, -0.2) is 215 Å². The number of amides is 2. The van der Waals surface area contributed by atoms with E-state index in [0.717, 1.165) is 51.9 Å². The quantitative estimate of drug-likeness (QED) is 0.0307. The highest BCUT2D eigenvalue weighted by molar-refractivity contribution is 5.77. The number of carbonyl (C=O) groups excluding carboxylic acids is 2. The third-order valence-corrected chi connectivity index (χ3v) is 16.0. The molecule has 0 aliphatic carbocycles. The lowest BCUT2D eigenvalue weighted by Gasteiger charge is -2.48. The molecule has 3 heterocycles. The molecule has 480 valence electrons. The summed E-state index contributed by atoms with van der Waals surface area (Å²) >= 11 is 0. The van der Waals surface area contributed by atoms with Gasteiger partial charge in [0.2, 0.25) is 11.8 Å². The van der Waals surface area contributed by atoms with Crippen molar-refractivity contribution in [2.45, 2.75) is 317 Å². The largest absolute Gasteiger partial charge is 0.477 e. The summed E-state index contributed by atoms with van der Waals surface area (Å²) in [6.07, 6.45) is 6.61. The average molecular weight is 1180 g/mol. The van der Waals surface area contributed by atoms with Gasteiger partial charge in [0.15, 0.2) is 12.6 Å². The molecule has 3 aliphatic heterocycles. The second-order valence-electron chi connectivity index (χ2n) is 23.0. The van der Waals surface area contributed by atoms with Crippen LogP contribution in [0.25, 0.3) is 0 Å². The number of nitrogens with one attached hydrogen (secondary N) is 2. The first kappa shape index (κ1) is 73.7. The fourth-order valence-electron chi connectivity index (χ4n) is 10.8. The van der Waals surface area contributed by atoms with Gasteiger partial charge in [0.25, 0.3) is 5.79 Å². The van der Waals surface area contributed by atoms with E-state index >= 15 is 0 Å². The topological polar surface area (TPSA) is 373 Å². The Kier molecular flexibility index (Phi) is 37.4. The molecule has 0 radical (unpaired) electrons. The van der Waals surface area contributed by atoms with Gasteiger partial charge in [0.05, 0.1) is 50.7 Å². The van der Waals surface area contributed by atoms with Crippen molar-refractivity contribution >= 4 is 17.8 Å². The first-order valence-corrected chi connectivity index (χ1v) is 31.1. The molecular weight excluding hydrogens is 1070 g/mol. The summed E-state index contributed by atoms with van der Waals surface area (Å²) in [7, 11) is 0. The Morgan fingerprint density at radius 2 is 1.15 bits per heavy atom. The molecule has 0 aromatic rings. The van der Waals surface area contributed by atoms with Crippen molar-refractivity contribution in [3.63, 3.8) is 0 Å². The molecular formula is C59H108N2O21. The number of aliphatic carboxylic acids is 1. The normalized spacial score (nSPS) is 30.2. The van der Waals surface area contributed by atoms with Crippen molar-refractivity contribution in [2.75, 3.05) is 26.4 Å². The summed E-state index contributed by atoms with van der Waals surface area (Å²) in [5, 5.41) is 134. The zero-order valence-corrected chi connectivity index (χ0v) is 49.3. The fraction of sp³-hybridized carbons (Fsp3) is 0.915. The predicted molar refractivity (Wildman–Crippen MR) is 301 cm³/mol. The van der Waals surface area contributed by atoms with Crippen LogP contribution in [0.4, 0.5) is 0 Å². The highest BCUT2D eigenvalue weighted by atomic mass is 16.8. The van der Waals surface area contributed by atoms with Crippen molar-refractivity contribution in [3.8, 4) is 0 Å². The first-order chi connectivity index (χ1) is 39.4. The number of unbranched alkanes of at least 4 members (excludes halogenated alkanes) is 25. The number of allylic oxidation sites excluding steroid dienone is 1. The number of carboxylic acid groups (broad SMARTS) is 1. The standard InChI is InChI=1S/C59H108N2O21/c1-4-6-8-10-12-14-16-18-19-21-23-25-27-29-31-33-46(68)61-40(41(65)32-30-28-26-24-22-20-17-15-13-11-9-7-5-2)37-77-56-53(74)51(72)54(44(36-63)79-56)81-57-52(73)50(71)49(70)45(80-57)38-78-59(58(75)76)34-42(66)47(60-39(3)64)55(82-59)48(69)43(67)35-62/h30,32,40-45,47-57,62-63,65-67,69-74H,4-29,31,33-38H2,1-3H3,(H,60,64)(H,61,68)(H,75,76)/b32-30+/t40-,41+,42-,43+,44+,45+,47+,48+,49-,50-,51+,52+,53+,54+,55+,56+,57-,59+/m0/s1. The van der Waals surface area contributed by atoms with Crippen molar-refractivity contribution in [1.82, 2.24) is 10.6 Å². The van der Waals surface area contributed by atoms with E-state index in [9.17, 15) is 75.7 Å². The van der Waals surface area contributed by atoms with Crippen LogP contribution in [0.3, 0.4) is 0 Å². The van der Waals surface area contributed by atoms with Crippen LogP contribution in [0.5, 0.6) is 0 Å². The van der Waals surface area contributed by atoms with E-state index in [1.54, 1.807) is 6.08 Å². The summed E-state index contributed by atoms with van der Waals surface area (Å²) in [5.74, 6) is -5.80. The van der Waals surface area contributed by atoms with Crippen LogP contribution in [0, 0.1) is 0 Å². The fourth-order valence-corrected chi connectivity index (χ4v) is 10.8. The molecule has 0 saturated carbocycles. The summed E-state index contributed by atoms with van der Waals surface area (Å²) in [4.78, 5) is 38.0. The highest BCUT2D eigenvalue weighted by Gasteiger charge is 2.57. The van der Waals surface area contributed by atoms with Gasteiger partial charge in [0.1, 0.15) is 67.1 Å². The Labute approximate surface area is 486 Å². The smallest absolute Gasteiger partial charge is 0.364 e. The molecule has 3 fully saturated rings. The van der Waals surface area contributed by atoms with Crippen LogP contribution in [-0.2, 0) is 42.8 Å². The molecule has 0 bridgehead atoms. The van der Waals surface area contributed by atoms with Crippen molar-refractivity contribution in [2.24, 2.45) is 0 Å². The molecule has 23 heteroatoms. The van der Waals surface area contributed by atoms with Gasteiger partial charge in [-0.05, 0) is 19.3 Å². The minimum Gasteiger partial charge on any atom is -0.477 e. The molecule has 18 atom stereocenters. The lowest BCUT2D eigenvalue weighted by Crippen LogP contribution is -2.68. The van der Waals surface area contributed by atoms with Crippen LogP contribution in [0.2, 0.25) is 0 Å². The van der Waals surface area contributed by atoms with Gasteiger partial charge in [-0.3, -0.25) is 9.59 Å². The average Bonchev–Trinajstić information content (AvgIpc) is 3.53. The molecule has 0 aromatic heterocycles.